The van der Waals surface area contributed by atoms with Gasteiger partial charge in [-0.2, -0.15) is 0 Å². The van der Waals surface area contributed by atoms with Gasteiger partial charge in [-0.3, -0.25) is 4.98 Å². The summed E-state index contributed by atoms with van der Waals surface area (Å²) in [6.07, 6.45) is 2.80. The molecule has 26 heavy (non-hydrogen) atoms. The molecule has 0 unspecified atom stereocenters. The third kappa shape index (κ3) is 4.58. The van der Waals surface area contributed by atoms with E-state index in [0.29, 0.717) is 11.2 Å². The molecular formula is C19H19N3O3S. The van der Waals surface area contributed by atoms with E-state index >= 15 is 0 Å². The smallest absolute Gasteiger partial charge is 0.319 e. The zero-order chi connectivity index (χ0) is 18.6. The second-order valence-electron chi connectivity index (χ2n) is 6.03. The van der Waals surface area contributed by atoms with Crippen molar-refractivity contribution in [3.63, 3.8) is 0 Å². The van der Waals surface area contributed by atoms with E-state index in [4.69, 9.17) is 0 Å². The number of hydrogen-bond donors (Lipinski definition) is 2. The van der Waals surface area contributed by atoms with Crippen molar-refractivity contribution in [3.8, 4) is 0 Å². The van der Waals surface area contributed by atoms with Gasteiger partial charge in [0.05, 0.1) is 23.0 Å². The highest BCUT2D eigenvalue weighted by molar-refractivity contribution is 7.90. The molecule has 3 aromatic rings. The topological polar surface area (TPSA) is 88.2 Å². The summed E-state index contributed by atoms with van der Waals surface area (Å²) in [6, 6.07) is 17.1. The number of carbonyl (C=O) groups excluding carboxylic acids is 1. The predicted octanol–water partition coefficient (Wildman–Crippen LogP) is 3.14. The second kappa shape index (κ2) is 7.53. The highest BCUT2D eigenvalue weighted by atomic mass is 32.2. The number of hydrogen-bond acceptors (Lipinski definition) is 4. The number of nitrogens with one attached hydrogen (secondary N) is 2. The molecule has 134 valence electrons. The quantitative estimate of drug-likeness (QED) is 0.723. The molecule has 1 aromatic heterocycles. The van der Waals surface area contributed by atoms with E-state index in [0.717, 1.165) is 17.2 Å². The van der Waals surface area contributed by atoms with Gasteiger partial charge in [0.15, 0.2) is 0 Å². The van der Waals surface area contributed by atoms with Crippen LogP contribution in [0.5, 0.6) is 0 Å². The van der Waals surface area contributed by atoms with Crippen LogP contribution >= 0.6 is 0 Å². The van der Waals surface area contributed by atoms with Crippen molar-refractivity contribution < 1.29 is 13.2 Å². The first-order valence-corrected chi connectivity index (χ1v) is 10.1. The molecule has 1 atom stereocenters. The lowest BCUT2D eigenvalue weighted by atomic mass is 10.1. The number of para-hydroxylation sites is 1. The van der Waals surface area contributed by atoms with E-state index < -0.39 is 21.9 Å². The van der Waals surface area contributed by atoms with Crippen LogP contribution in [0, 0.1) is 0 Å². The Hall–Kier alpha value is -2.93. The summed E-state index contributed by atoms with van der Waals surface area (Å²) in [5, 5.41) is 6.41. The van der Waals surface area contributed by atoms with Crippen molar-refractivity contribution in [1.82, 2.24) is 10.3 Å². The summed E-state index contributed by atoms with van der Waals surface area (Å²) in [7, 11) is -3.28. The summed E-state index contributed by atoms with van der Waals surface area (Å²) in [5.41, 5.74) is 1.96. The molecule has 6 nitrogen and oxygen atoms in total. The SMILES string of the molecule is CS(=O)(=O)C[C@H](NC(=O)Nc1cccc2cccnc12)c1ccccc1. The zero-order valence-corrected chi connectivity index (χ0v) is 15.0. The van der Waals surface area contributed by atoms with Crippen molar-refractivity contribution in [1.29, 1.82) is 0 Å². The first kappa shape index (κ1) is 17.9. The third-order valence-electron chi connectivity index (χ3n) is 3.86. The van der Waals surface area contributed by atoms with E-state index in [9.17, 15) is 13.2 Å². The van der Waals surface area contributed by atoms with Crippen molar-refractivity contribution >= 4 is 32.5 Å². The first-order valence-electron chi connectivity index (χ1n) is 8.06. The van der Waals surface area contributed by atoms with E-state index in [2.05, 4.69) is 15.6 Å². The fourth-order valence-electron chi connectivity index (χ4n) is 2.73. The van der Waals surface area contributed by atoms with E-state index in [1.165, 1.54) is 0 Å². The number of carbonyl (C=O) groups is 1. The average molecular weight is 369 g/mol. The van der Waals surface area contributed by atoms with Crippen LogP contribution < -0.4 is 10.6 Å². The number of sulfone groups is 1. The van der Waals surface area contributed by atoms with Gasteiger partial charge in [-0.1, -0.05) is 48.5 Å². The van der Waals surface area contributed by atoms with E-state index in [1.807, 2.05) is 30.3 Å². The molecule has 1 heterocycles. The summed E-state index contributed by atoms with van der Waals surface area (Å²) >= 11 is 0. The number of amides is 2. The molecule has 0 radical (unpaired) electrons. The Kier molecular flexibility index (Phi) is 5.18. The van der Waals surface area contributed by atoms with E-state index in [1.54, 1.807) is 36.5 Å². The number of fused-ring (bicyclic) bond motifs is 1. The van der Waals surface area contributed by atoms with Gasteiger partial charge in [0, 0.05) is 17.8 Å². The summed E-state index contributed by atoms with van der Waals surface area (Å²) in [6.45, 7) is 0. The van der Waals surface area contributed by atoms with Crippen LogP contribution in [-0.2, 0) is 9.84 Å². The zero-order valence-electron chi connectivity index (χ0n) is 14.2. The van der Waals surface area contributed by atoms with Crippen LogP contribution in [0.15, 0.2) is 66.9 Å². The standard InChI is InChI=1S/C19H19N3O3S/c1-26(24,25)13-17(14-7-3-2-4-8-14)22-19(23)21-16-11-5-9-15-10-6-12-20-18(15)16/h2-12,17H,13H2,1H3,(H2,21,22,23)/t17-/m0/s1. The fraction of sp³-hybridized carbons (Fsp3) is 0.158. The fourth-order valence-corrected chi connectivity index (χ4v) is 3.61. The monoisotopic (exact) mass is 369 g/mol. The van der Waals surface area contributed by atoms with Crippen LogP contribution in [0.3, 0.4) is 0 Å². The minimum absolute atomic E-state index is 0.182. The maximum Gasteiger partial charge on any atom is 0.319 e. The highest BCUT2D eigenvalue weighted by Crippen LogP contribution is 2.21. The molecule has 0 aliphatic rings. The van der Waals surface area contributed by atoms with E-state index in [-0.39, 0.29) is 5.75 Å². The van der Waals surface area contributed by atoms with Gasteiger partial charge >= 0.3 is 6.03 Å². The molecule has 0 aliphatic carbocycles. The Morgan fingerprint density at radius 3 is 2.50 bits per heavy atom. The number of pyridine rings is 1. The molecule has 0 bridgehead atoms. The molecule has 0 saturated heterocycles. The molecule has 0 aliphatic heterocycles. The van der Waals surface area contributed by atoms with Gasteiger partial charge in [-0.05, 0) is 17.7 Å². The van der Waals surface area contributed by atoms with Crippen LogP contribution in [0.25, 0.3) is 10.9 Å². The Morgan fingerprint density at radius 1 is 1.04 bits per heavy atom. The summed E-state index contributed by atoms with van der Waals surface area (Å²) < 4.78 is 23.5. The second-order valence-corrected chi connectivity index (χ2v) is 8.22. The number of urea groups is 1. The van der Waals surface area contributed by atoms with Crippen LogP contribution in [0.2, 0.25) is 0 Å². The van der Waals surface area contributed by atoms with Gasteiger partial charge in [-0.25, -0.2) is 13.2 Å². The van der Waals surface area contributed by atoms with Crippen molar-refractivity contribution in [2.75, 3.05) is 17.3 Å². The van der Waals surface area contributed by atoms with Gasteiger partial charge in [0.2, 0.25) is 0 Å². The Morgan fingerprint density at radius 2 is 1.77 bits per heavy atom. The van der Waals surface area contributed by atoms with Crippen LogP contribution in [-0.4, -0.2) is 31.4 Å². The number of benzene rings is 2. The Bertz CT molecular complexity index is 1020. The van der Waals surface area contributed by atoms with Gasteiger partial charge < -0.3 is 10.6 Å². The first-order chi connectivity index (χ1) is 12.4. The van der Waals surface area contributed by atoms with Crippen molar-refractivity contribution in [2.45, 2.75) is 6.04 Å². The molecule has 2 N–H and O–H groups in total. The van der Waals surface area contributed by atoms with Crippen molar-refractivity contribution in [2.24, 2.45) is 0 Å². The maximum absolute atomic E-state index is 12.5. The lowest BCUT2D eigenvalue weighted by molar-refractivity contribution is 0.249. The maximum atomic E-state index is 12.5. The molecule has 0 saturated carbocycles. The predicted molar refractivity (Wildman–Crippen MR) is 103 cm³/mol. The van der Waals surface area contributed by atoms with Crippen molar-refractivity contribution in [3.05, 3.63) is 72.4 Å². The van der Waals surface area contributed by atoms with Crippen LogP contribution in [0.4, 0.5) is 10.5 Å². The number of rotatable bonds is 5. The Balaban J connectivity index is 1.81. The highest BCUT2D eigenvalue weighted by Gasteiger charge is 2.20. The average Bonchev–Trinajstić information content (AvgIpc) is 2.61. The van der Waals surface area contributed by atoms with Gasteiger partial charge in [0.25, 0.3) is 0 Å². The van der Waals surface area contributed by atoms with Gasteiger partial charge in [-0.15, -0.1) is 0 Å². The molecule has 7 heteroatoms. The molecular weight excluding hydrogens is 350 g/mol. The third-order valence-corrected chi connectivity index (χ3v) is 4.80. The molecule has 2 amide bonds. The molecule has 0 spiro atoms. The molecule has 0 fully saturated rings. The molecule has 3 rings (SSSR count). The lowest BCUT2D eigenvalue weighted by Crippen LogP contribution is -2.36. The normalized spacial score (nSPS) is 12.5. The largest absolute Gasteiger partial charge is 0.330 e. The number of anilines is 1. The molecule has 2 aromatic carbocycles. The summed E-state index contributed by atoms with van der Waals surface area (Å²) in [4.78, 5) is 16.8. The number of nitrogens with zero attached hydrogens (tertiary/aromatic N) is 1. The lowest BCUT2D eigenvalue weighted by Gasteiger charge is -2.19. The summed E-state index contributed by atoms with van der Waals surface area (Å²) in [5.74, 6) is -0.182. The number of aromatic nitrogens is 1. The van der Waals surface area contributed by atoms with Gasteiger partial charge in [0.1, 0.15) is 9.84 Å². The Labute approximate surface area is 152 Å². The minimum atomic E-state index is -3.28. The minimum Gasteiger partial charge on any atom is -0.330 e. The van der Waals surface area contributed by atoms with Crippen LogP contribution in [0.1, 0.15) is 11.6 Å².